The average molecular weight is 237 g/mol. The number of carboxylic acid groups (broad SMARTS) is 1. The van der Waals surface area contributed by atoms with Crippen molar-refractivity contribution < 1.29 is 19.5 Å². The number of carboxylic acids is 1. The van der Waals surface area contributed by atoms with Gasteiger partial charge in [-0.3, -0.25) is 9.59 Å². The van der Waals surface area contributed by atoms with Gasteiger partial charge >= 0.3 is 5.97 Å². The monoisotopic (exact) mass is 236 g/mol. The van der Waals surface area contributed by atoms with E-state index in [4.69, 9.17) is 22.4 Å². The Morgan fingerprint density at radius 3 is 2.33 bits per heavy atom. The van der Waals surface area contributed by atoms with Gasteiger partial charge in [-0.25, -0.2) is 4.79 Å². The van der Waals surface area contributed by atoms with E-state index in [1.165, 1.54) is 0 Å². The highest BCUT2D eigenvalue weighted by atomic mass is 35.5. The van der Waals surface area contributed by atoms with Gasteiger partial charge in [0, 0.05) is 18.7 Å². The molecule has 0 spiro atoms. The molecule has 1 atom stereocenters. The Balaban J connectivity index is 4.10. The second-order valence-electron chi connectivity index (χ2n) is 2.90. The third-order valence-corrected chi connectivity index (χ3v) is 1.82. The zero-order valence-corrected chi connectivity index (χ0v) is 8.79. The van der Waals surface area contributed by atoms with Crippen LogP contribution in [0.15, 0.2) is 0 Å². The lowest BCUT2D eigenvalue weighted by molar-refractivity contribution is -0.142. The summed E-state index contributed by atoms with van der Waals surface area (Å²) in [4.78, 5) is 32.1. The minimum Gasteiger partial charge on any atom is -0.480 e. The van der Waals surface area contributed by atoms with Gasteiger partial charge in [0.1, 0.15) is 6.04 Å². The van der Waals surface area contributed by atoms with Crippen molar-refractivity contribution >= 4 is 29.4 Å². The van der Waals surface area contributed by atoms with Crippen molar-refractivity contribution in [2.24, 2.45) is 5.73 Å². The molecule has 15 heavy (non-hydrogen) atoms. The third-order valence-electron chi connectivity index (χ3n) is 1.63. The standard InChI is InChI=1S/C8H13ClN2O4/c9-4-3-7(13)11-5(8(14)15)1-2-6(10)12/h5H,1-4H2,(H2,10,12)(H,11,13)(H,14,15)/t5-/m0/s1. The molecule has 0 fully saturated rings. The van der Waals surface area contributed by atoms with Crippen LogP contribution >= 0.6 is 11.6 Å². The number of alkyl halides is 1. The number of carbonyl (C=O) groups excluding carboxylic acids is 2. The first-order valence-corrected chi connectivity index (χ1v) is 4.87. The number of nitrogens with one attached hydrogen (secondary N) is 1. The van der Waals surface area contributed by atoms with E-state index in [0.717, 1.165) is 0 Å². The fourth-order valence-corrected chi connectivity index (χ4v) is 1.07. The van der Waals surface area contributed by atoms with Crippen LogP contribution in [-0.4, -0.2) is 34.8 Å². The van der Waals surface area contributed by atoms with Gasteiger partial charge in [0.15, 0.2) is 0 Å². The van der Waals surface area contributed by atoms with E-state index in [1.54, 1.807) is 0 Å². The molecule has 0 aromatic heterocycles. The highest BCUT2D eigenvalue weighted by Gasteiger charge is 2.19. The Morgan fingerprint density at radius 1 is 1.33 bits per heavy atom. The summed E-state index contributed by atoms with van der Waals surface area (Å²) in [6.07, 6.45) is -0.0568. The molecule has 0 aliphatic heterocycles. The Morgan fingerprint density at radius 2 is 1.93 bits per heavy atom. The van der Waals surface area contributed by atoms with Gasteiger partial charge in [-0.1, -0.05) is 0 Å². The molecule has 4 N–H and O–H groups in total. The van der Waals surface area contributed by atoms with Crippen LogP contribution in [0, 0.1) is 0 Å². The molecule has 0 aliphatic carbocycles. The maximum atomic E-state index is 11.0. The average Bonchev–Trinajstić information content (AvgIpc) is 2.11. The van der Waals surface area contributed by atoms with Crippen LogP contribution < -0.4 is 11.1 Å². The third kappa shape index (κ3) is 6.73. The van der Waals surface area contributed by atoms with Crippen molar-refractivity contribution in [3.63, 3.8) is 0 Å². The van der Waals surface area contributed by atoms with Crippen molar-refractivity contribution in [2.75, 3.05) is 5.88 Å². The number of nitrogens with two attached hydrogens (primary N) is 1. The summed E-state index contributed by atoms with van der Waals surface area (Å²) in [5.74, 6) is -2.14. The Hall–Kier alpha value is -1.30. The van der Waals surface area contributed by atoms with Gasteiger partial charge in [-0.2, -0.15) is 0 Å². The van der Waals surface area contributed by atoms with Crippen molar-refractivity contribution in [2.45, 2.75) is 25.3 Å². The van der Waals surface area contributed by atoms with Crippen molar-refractivity contribution in [1.82, 2.24) is 5.32 Å². The first-order chi connectivity index (χ1) is 6.97. The molecule has 86 valence electrons. The van der Waals surface area contributed by atoms with E-state index >= 15 is 0 Å². The number of rotatable bonds is 7. The second-order valence-corrected chi connectivity index (χ2v) is 3.28. The quantitative estimate of drug-likeness (QED) is 0.515. The van der Waals surface area contributed by atoms with Crippen molar-refractivity contribution in [3.8, 4) is 0 Å². The Kier molecular flexibility index (Phi) is 6.44. The molecule has 0 saturated carbocycles. The van der Waals surface area contributed by atoms with Gasteiger partial charge in [-0.15, -0.1) is 11.6 Å². The van der Waals surface area contributed by atoms with Crippen LogP contribution in [0.1, 0.15) is 19.3 Å². The molecular formula is C8H13ClN2O4. The van der Waals surface area contributed by atoms with Crippen molar-refractivity contribution in [3.05, 3.63) is 0 Å². The molecule has 2 amide bonds. The summed E-state index contributed by atoms with van der Waals surface area (Å²) < 4.78 is 0. The molecule has 0 bridgehead atoms. The van der Waals surface area contributed by atoms with Crippen LogP contribution in [0.25, 0.3) is 0 Å². The summed E-state index contributed by atoms with van der Waals surface area (Å²) in [6.45, 7) is 0. The molecule has 0 saturated heterocycles. The summed E-state index contributed by atoms with van der Waals surface area (Å²) >= 11 is 5.30. The fourth-order valence-electron chi connectivity index (χ4n) is 0.896. The minimum atomic E-state index is -1.20. The molecule has 0 radical (unpaired) electrons. The molecule has 0 heterocycles. The number of amides is 2. The van der Waals surface area contributed by atoms with Gasteiger partial charge in [0.2, 0.25) is 11.8 Å². The zero-order valence-electron chi connectivity index (χ0n) is 8.03. The van der Waals surface area contributed by atoms with Crippen LogP contribution in [0.3, 0.4) is 0 Å². The second kappa shape index (κ2) is 7.05. The van der Waals surface area contributed by atoms with Crippen LogP contribution in [0.5, 0.6) is 0 Å². The van der Waals surface area contributed by atoms with Gasteiger partial charge in [0.25, 0.3) is 0 Å². The summed E-state index contributed by atoms with van der Waals surface area (Å²) in [6, 6.07) is -1.09. The van der Waals surface area contributed by atoms with Crippen LogP contribution in [0.2, 0.25) is 0 Å². The maximum absolute atomic E-state index is 11.0. The maximum Gasteiger partial charge on any atom is 0.326 e. The molecule has 0 aromatic rings. The van der Waals surface area contributed by atoms with E-state index in [9.17, 15) is 14.4 Å². The lowest BCUT2D eigenvalue weighted by Gasteiger charge is -2.12. The Labute approximate surface area is 91.8 Å². The predicted octanol–water partition coefficient (Wildman–Crippen LogP) is -0.550. The van der Waals surface area contributed by atoms with Crippen molar-refractivity contribution in [1.29, 1.82) is 0 Å². The van der Waals surface area contributed by atoms with Gasteiger partial charge in [-0.05, 0) is 6.42 Å². The minimum absolute atomic E-state index is 0.0152. The van der Waals surface area contributed by atoms with E-state index in [-0.39, 0.29) is 25.1 Å². The number of carbonyl (C=O) groups is 3. The highest BCUT2D eigenvalue weighted by molar-refractivity contribution is 6.18. The van der Waals surface area contributed by atoms with E-state index < -0.39 is 23.8 Å². The molecule has 0 rings (SSSR count). The summed E-state index contributed by atoms with van der Waals surface area (Å²) in [5, 5.41) is 10.9. The van der Waals surface area contributed by atoms with E-state index in [2.05, 4.69) is 5.32 Å². The fraction of sp³-hybridized carbons (Fsp3) is 0.625. The normalized spacial score (nSPS) is 11.8. The van der Waals surface area contributed by atoms with Crippen LogP contribution in [-0.2, 0) is 14.4 Å². The molecule has 0 unspecified atom stereocenters. The molecule has 0 aromatic carbocycles. The predicted molar refractivity (Wildman–Crippen MR) is 53.3 cm³/mol. The first-order valence-electron chi connectivity index (χ1n) is 4.33. The lowest BCUT2D eigenvalue weighted by Crippen LogP contribution is -2.41. The number of halogens is 1. The Bertz CT molecular complexity index is 257. The first kappa shape index (κ1) is 13.7. The number of hydrogen-bond donors (Lipinski definition) is 3. The molecular weight excluding hydrogens is 224 g/mol. The van der Waals surface area contributed by atoms with Gasteiger partial charge < -0.3 is 16.2 Å². The highest BCUT2D eigenvalue weighted by Crippen LogP contribution is 1.98. The summed E-state index contributed by atoms with van der Waals surface area (Å²) in [7, 11) is 0. The largest absolute Gasteiger partial charge is 0.480 e. The topological polar surface area (TPSA) is 109 Å². The smallest absolute Gasteiger partial charge is 0.326 e. The van der Waals surface area contributed by atoms with Crippen LogP contribution in [0.4, 0.5) is 0 Å². The molecule has 6 nitrogen and oxygen atoms in total. The number of hydrogen-bond acceptors (Lipinski definition) is 3. The van der Waals surface area contributed by atoms with E-state index in [1.807, 2.05) is 0 Å². The number of aliphatic carboxylic acids is 1. The SMILES string of the molecule is NC(=O)CC[C@H](NC(=O)CCCl)C(=O)O. The summed E-state index contributed by atoms with van der Waals surface area (Å²) in [5.41, 5.74) is 4.86. The number of primary amides is 1. The molecule has 0 aliphatic rings. The lowest BCUT2D eigenvalue weighted by atomic mass is 10.1. The molecule has 7 heteroatoms. The van der Waals surface area contributed by atoms with Gasteiger partial charge in [0.05, 0.1) is 0 Å². The van der Waals surface area contributed by atoms with E-state index in [0.29, 0.717) is 0 Å². The zero-order chi connectivity index (χ0) is 11.8.